The molecule has 0 spiro atoms. The highest BCUT2D eigenvalue weighted by Gasteiger charge is 2.41. The van der Waals surface area contributed by atoms with Crippen molar-refractivity contribution in [2.75, 3.05) is 12.4 Å². The van der Waals surface area contributed by atoms with E-state index in [2.05, 4.69) is 5.32 Å². The lowest BCUT2D eigenvalue weighted by Gasteiger charge is -2.24. The molecule has 4 rings (SSSR count). The van der Waals surface area contributed by atoms with Gasteiger partial charge in [-0.1, -0.05) is 0 Å². The van der Waals surface area contributed by atoms with Gasteiger partial charge in [-0.2, -0.15) is 0 Å². The number of hydrogen-bond donors (Lipinski definition) is 1. The molecule has 4 nitrogen and oxygen atoms in total. The number of benzene rings is 1. The smallest absolute Gasteiger partial charge is 0.163 e. The second-order valence-corrected chi connectivity index (χ2v) is 7.35. The maximum Gasteiger partial charge on any atom is 0.163 e. The largest absolute Gasteiger partial charge is 0.493 e. The normalized spacial score (nSPS) is 28.6. The lowest BCUT2D eigenvalue weighted by atomic mass is 9.98. The van der Waals surface area contributed by atoms with Crippen LogP contribution in [0.15, 0.2) is 29.5 Å². The highest BCUT2D eigenvalue weighted by atomic mass is 16.5. The molecule has 24 heavy (non-hydrogen) atoms. The summed E-state index contributed by atoms with van der Waals surface area (Å²) in [6.07, 6.45) is 6.87. The molecule has 2 bridgehead atoms. The van der Waals surface area contributed by atoms with Gasteiger partial charge in [-0.05, 0) is 63.0 Å². The van der Waals surface area contributed by atoms with Gasteiger partial charge >= 0.3 is 0 Å². The number of Topliss-reactive ketones (excluding diaryl/α,β-unsaturated/α-hetero) is 1. The molecule has 1 aromatic carbocycles. The maximum absolute atomic E-state index is 11.7. The van der Waals surface area contributed by atoms with Crippen molar-refractivity contribution in [2.24, 2.45) is 11.8 Å². The minimum absolute atomic E-state index is 0.240. The maximum atomic E-state index is 11.7. The molecule has 2 fully saturated rings. The summed E-state index contributed by atoms with van der Waals surface area (Å²) < 4.78 is 11.8. The number of anilines is 1. The van der Waals surface area contributed by atoms with Gasteiger partial charge in [0, 0.05) is 29.4 Å². The molecule has 128 valence electrons. The average Bonchev–Trinajstić information content (AvgIpc) is 3.28. The Balaban J connectivity index is 1.53. The van der Waals surface area contributed by atoms with Crippen LogP contribution in [0.5, 0.6) is 11.5 Å². The van der Waals surface area contributed by atoms with Crippen molar-refractivity contribution in [1.29, 1.82) is 0 Å². The molecule has 1 aromatic rings. The van der Waals surface area contributed by atoms with Crippen molar-refractivity contribution >= 4 is 11.5 Å². The molecule has 0 saturated heterocycles. The number of fused-ring (bicyclic) bond motifs is 2. The van der Waals surface area contributed by atoms with Gasteiger partial charge in [0.1, 0.15) is 6.10 Å². The fourth-order valence-electron chi connectivity index (χ4n) is 4.45. The van der Waals surface area contributed by atoms with Crippen molar-refractivity contribution in [3.8, 4) is 11.5 Å². The third-order valence-electron chi connectivity index (χ3n) is 5.88. The van der Waals surface area contributed by atoms with E-state index in [1.54, 1.807) is 7.11 Å². The van der Waals surface area contributed by atoms with E-state index in [0.29, 0.717) is 18.4 Å². The van der Waals surface area contributed by atoms with Gasteiger partial charge in [-0.25, -0.2) is 0 Å². The van der Waals surface area contributed by atoms with Gasteiger partial charge in [-0.15, -0.1) is 0 Å². The average molecular weight is 327 g/mol. The summed E-state index contributed by atoms with van der Waals surface area (Å²) in [5.41, 5.74) is 2.83. The molecule has 2 saturated carbocycles. The lowest BCUT2D eigenvalue weighted by molar-refractivity contribution is -0.114. The summed E-state index contributed by atoms with van der Waals surface area (Å²) in [4.78, 5) is 11.7. The highest BCUT2D eigenvalue weighted by molar-refractivity contribution is 5.98. The lowest BCUT2D eigenvalue weighted by Crippen LogP contribution is -2.23. The minimum Gasteiger partial charge on any atom is -0.493 e. The van der Waals surface area contributed by atoms with E-state index in [1.807, 2.05) is 25.1 Å². The molecular formula is C20H25NO3. The predicted molar refractivity (Wildman–Crippen MR) is 93.4 cm³/mol. The molecule has 0 aromatic heterocycles. The van der Waals surface area contributed by atoms with E-state index in [1.165, 1.54) is 25.7 Å². The van der Waals surface area contributed by atoms with Crippen LogP contribution < -0.4 is 14.8 Å². The quantitative estimate of drug-likeness (QED) is 0.875. The number of rotatable bonds is 5. The molecule has 0 aliphatic heterocycles. The van der Waals surface area contributed by atoms with Crippen LogP contribution in [0.1, 0.15) is 45.4 Å². The van der Waals surface area contributed by atoms with Gasteiger partial charge in [-0.3, -0.25) is 4.79 Å². The van der Waals surface area contributed by atoms with Crippen LogP contribution in [0.4, 0.5) is 5.69 Å². The first kappa shape index (κ1) is 15.6. The molecule has 1 N–H and O–H groups in total. The summed E-state index contributed by atoms with van der Waals surface area (Å²) >= 11 is 0. The third kappa shape index (κ3) is 2.79. The van der Waals surface area contributed by atoms with Crippen molar-refractivity contribution in [2.45, 2.75) is 51.6 Å². The Morgan fingerprint density at radius 3 is 2.62 bits per heavy atom. The molecule has 3 aliphatic rings. The summed E-state index contributed by atoms with van der Waals surface area (Å²) in [5, 5.41) is 3.39. The number of ether oxygens (including phenoxy) is 2. The molecule has 0 radical (unpaired) electrons. The Labute approximate surface area is 143 Å². The molecule has 0 heterocycles. The molecule has 3 atom stereocenters. The van der Waals surface area contributed by atoms with E-state index in [-0.39, 0.29) is 5.78 Å². The Bertz CT molecular complexity index is 694. The Kier molecular flexibility index (Phi) is 3.99. The fourth-order valence-corrected chi connectivity index (χ4v) is 4.45. The van der Waals surface area contributed by atoms with Crippen LogP contribution in [0.2, 0.25) is 0 Å². The van der Waals surface area contributed by atoms with Crippen LogP contribution in [-0.4, -0.2) is 19.0 Å². The second kappa shape index (κ2) is 6.15. The van der Waals surface area contributed by atoms with Crippen LogP contribution in [0.25, 0.3) is 0 Å². The van der Waals surface area contributed by atoms with E-state index >= 15 is 0 Å². The van der Waals surface area contributed by atoms with E-state index in [0.717, 1.165) is 40.8 Å². The van der Waals surface area contributed by atoms with Crippen molar-refractivity contribution < 1.29 is 14.3 Å². The van der Waals surface area contributed by atoms with Gasteiger partial charge in [0.15, 0.2) is 17.3 Å². The Morgan fingerprint density at radius 2 is 2.00 bits per heavy atom. The number of allylic oxidation sites excluding steroid dienone is 2. The van der Waals surface area contributed by atoms with Gasteiger partial charge in [0.2, 0.25) is 0 Å². The van der Waals surface area contributed by atoms with Crippen molar-refractivity contribution in [1.82, 2.24) is 0 Å². The van der Waals surface area contributed by atoms with Crippen LogP contribution in [0.3, 0.4) is 0 Å². The molecule has 4 heteroatoms. The first-order valence-electron chi connectivity index (χ1n) is 8.98. The number of methoxy groups -OCH3 is 1. The zero-order chi connectivity index (χ0) is 16.7. The Hall–Kier alpha value is -1.97. The number of nitrogens with one attached hydrogen (secondary N) is 1. The molecule has 3 aliphatic carbocycles. The summed E-state index contributed by atoms with van der Waals surface area (Å²) in [6.45, 7) is 1.90. The summed E-state index contributed by atoms with van der Waals surface area (Å²) in [6, 6.07) is 5.93. The fraction of sp³-hybridized carbons (Fsp3) is 0.550. The first-order chi connectivity index (χ1) is 11.6. The zero-order valence-corrected chi connectivity index (χ0v) is 14.4. The topological polar surface area (TPSA) is 47.6 Å². The van der Waals surface area contributed by atoms with Crippen LogP contribution >= 0.6 is 0 Å². The van der Waals surface area contributed by atoms with E-state index in [4.69, 9.17) is 9.47 Å². The van der Waals surface area contributed by atoms with E-state index < -0.39 is 0 Å². The SMILES string of the molecule is COc1ccc(NC2=C(C)C(=O)CC2)cc1O[C@@H]1C[C@H]2CC[C@@H]1C2. The summed E-state index contributed by atoms with van der Waals surface area (Å²) in [7, 11) is 1.68. The number of ketones is 1. The monoisotopic (exact) mass is 327 g/mol. The van der Waals surface area contributed by atoms with E-state index in [9.17, 15) is 4.79 Å². The first-order valence-corrected chi connectivity index (χ1v) is 8.98. The highest BCUT2D eigenvalue weighted by Crippen LogP contribution is 2.47. The van der Waals surface area contributed by atoms with Gasteiger partial charge < -0.3 is 14.8 Å². The molecule has 0 amide bonds. The standard InChI is InChI=1S/C20H25NO3/c1-12-16(6-7-17(12)22)21-15-5-8-18(23-2)20(11-15)24-19-10-13-3-4-14(19)9-13/h5,8,11,13-14,19,21H,3-4,6-7,9-10H2,1-2H3/t13-,14+,19+/m0/s1. The van der Waals surface area contributed by atoms with Gasteiger partial charge in [0.05, 0.1) is 7.11 Å². The van der Waals surface area contributed by atoms with Crippen molar-refractivity contribution in [3.05, 3.63) is 29.5 Å². The third-order valence-corrected chi connectivity index (χ3v) is 5.88. The molecular weight excluding hydrogens is 302 g/mol. The molecule has 0 unspecified atom stereocenters. The number of carbonyl (C=O) groups excluding carboxylic acids is 1. The van der Waals surface area contributed by atoms with Crippen LogP contribution in [-0.2, 0) is 4.79 Å². The number of carbonyl (C=O) groups is 1. The Morgan fingerprint density at radius 1 is 1.12 bits per heavy atom. The number of hydrogen-bond acceptors (Lipinski definition) is 4. The zero-order valence-electron chi connectivity index (χ0n) is 14.4. The second-order valence-electron chi connectivity index (χ2n) is 7.35. The van der Waals surface area contributed by atoms with Crippen molar-refractivity contribution in [3.63, 3.8) is 0 Å². The summed E-state index contributed by atoms with van der Waals surface area (Å²) in [5.74, 6) is 3.38. The minimum atomic E-state index is 0.240. The predicted octanol–water partition coefficient (Wildman–Crippen LogP) is 4.31. The van der Waals surface area contributed by atoms with Crippen LogP contribution in [0, 0.1) is 11.8 Å². The van der Waals surface area contributed by atoms with Gasteiger partial charge in [0.25, 0.3) is 0 Å².